The number of imide groups is 1. The monoisotopic (exact) mass is 574 g/mol. The third-order valence-corrected chi connectivity index (χ3v) is 7.53. The topological polar surface area (TPSA) is 106 Å². The molecule has 1 atom stereocenters. The van der Waals surface area contributed by atoms with Gasteiger partial charge in [0.15, 0.2) is 0 Å². The van der Waals surface area contributed by atoms with Crippen LogP contribution in [0.5, 0.6) is 11.5 Å². The molecule has 0 saturated carbocycles. The van der Waals surface area contributed by atoms with Gasteiger partial charge in [-0.2, -0.15) is 0 Å². The first-order valence-electron chi connectivity index (χ1n) is 14.1. The van der Waals surface area contributed by atoms with E-state index in [4.69, 9.17) is 14.3 Å². The molecule has 0 radical (unpaired) electrons. The standard InChI is InChI=1S/C33H38N2O7/c1-34(2)27-15-10-24(11-16-27)33(39,25-12-17-28(40-3)18-13-25)26-14-19-29(41-4)23(22-26)8-6-5-7-9-32(38)42-35-30(36)20-21-31(35)37/h10-19,22,39H,5-9,20-21H2,1-4H3. The molecule has 1 aliphatic heterocycles. The number of aliphatic hydroxyl groups is 1. The van der Waals surface area contributed by atoms with E-state index in [2.05, 4.69) is 0 Å². The van der Waals surface area contributed by atoms with Gasteiger partial charge < -0.3 is 24.3 Å². The molecule has 0 spiro atoms. The molecule has 1 unspecified atom stereocenters. The lowest BCUT2D eigenvalue weighted by Crippen LogP contribution is -2.31. The average Bonchev–Trinajstić information content (AvgIpc) is 3.32. The Balaban J connectivity index is 1.51. The lowest BCUT2D eigenvalue weighted by molar-refractivity contribution is -0.197. The Morgan fingerprint density at radius 1 is 0.833 bits per heavy atom. The van der Waals surface area contributed by atoms with Crippen molar-refractivity contribution in [3.63, 3.8) is 0 Å². The van der Waals surface area contributed by atoms with Crippen molar-refractivity contribution in [3.8, 4) is 11.5 Å². The largest absolute Gasteiger partial charge is 0.497 e. The van der Waals surface area contributed by atoms with Crippen molar-refractivity contribution in [3.05, 3.63) is 89.0 Å². The second kappa shape index (κ2) is 13.5. The molecule has 4 rings (SSSR count). The Kier molecular flexibility index (Phi) is 9.85. The predicted molar refractivity (Wildman–Crippen MR) is 158 cm³/mol. The minimum atomic E-state index is -1.44. The Morgan fingerprint density at radius 3 is 2.00 bits per heavy atom. The SMILES string of the molecule is COc1ccc(C(O)(c2ccc(N(C)C)cc2)c2ccc(OC)c(CCCCCC(=O)ON3C(=O)CCC3=O)c2)cc1. The molecule has 1 saturated heterocycles. The van der Waals surface area contributed by atoms with Gasteiger partial charge in [0.05, 0.1) is 14.2 Å². The van der Waals surface area contributed by atoms with E-state index in [0.717, 1.165) is 29.7 Å². The highest BCUT2D eigenvalue weighted by molar-refractivity contribution is 6.01. The average molecular weight is 575 g/mol. The molecule has 0 aliphatic carbocycles. The molecular formula is C33H38N2O7. The smallest absolute Gasteiger partial charge is 0.333 e. The van der Waals surface area contributed by atoms with Gasteiger partial charge >= 0.3 is 5.97 Å². The number of amides is 2. The van der Waals surface area contributed by atoms with Crippen molar-refractivity contribution in [2.75, 3.05) is 33.2 Å². The van der Waals surface area contributed by atoms with Gasteiger partial charge in [0.25, 0.3) is 11.8 Å². The van der Waals surface area contributed by atoms with Crippen LogP contribution in [0.15, 0.2) is 66.7 Å². The quantitative estimate of drug-likeness (QED) is 0.177. The fraction of sp³-hybridized carbons (Fsp3) is 0.364. The van der Waals surface area contributed by atoms with E-state index >= 15 is 0 Å². The molecule has 3 aromatic carbocycles. The first-order valence-corrected chi connectivity index (χ1v) is 14.1. The molecule has 9 heteroatoms. The van der Waals surface area contributed by atoms with Gasteiger partial charge in [0.1, 0.15) is 17.1 Å². The Labute approximate surface area is 246 Å². The summed E-state index contributed by atoms with van der Waals surface area (Å²) >= 11 is 0. The van der Waals surface area contributed by atoms with E-state index in [0.29, 0.717) is 40.5 Å². The van der Waals surface area contributed by atoms with E-state index in [1.54, 1.807) is 14.2 Å². The minimum Gasteiger partial charge on any atom is -0.497 e. The van der Waals surface area contributed by atoms with Crippen molar-refractivity contribution in [2.24, 2.45) is 0 Å². The molecule has 1 fully saturated rings. The van der Waals surface area contributed by atoms with Crippen LogP contribution in [0.4, 0.5) is 5.69 Å². The molecule has 3 aromatic rings. The molecule has 0 bridgehead atoms. The predicted octanol–water partition coefficient (Wildman–Crippen LogP) is 4.76. The summed E-state index contributed by atoms with van der Waals surface area (Å²) in [6.45, 7) is 0. The van der Waals surface area contributed by atoms with Crippen LogP contribution in [-0.4, -0.2) is 56.3 Å². The van der Waals surface area contributed by atoms with Gasteiger partial charge in [0.2, 0.25) is 0 Å². The third kappa shape index (κ3) is 6.74. The highest BCUT2D eigenvalue weighted by Gasteiger charge is 2.35. The summed E-state index contributed by atoms with van der Waals surface area (Å²) in [5.74, 6) is -0.151. The number of aryl methyl sites for hydroxylation is 1. The molecule has 2 amide bonds. The van der Waals surface area contributed by atoms with Gasteiger partial charge in [-0.25, -0.2) is 4.79 Å². The maximum absolute atomic E-state index is 12.4. The van der Waals surface area contributed by atoms with Crippen LogP contribution in [0.3, 0.4) is 0 Å². The van der Waals surface area contributed by atoms with Gasteiger partial charge in [-0.1, -0.05) is 36.8 Å². The van der Waals surface area contributed by atoms with E-state index in [1.807, 2.05) is 85.7 Å². The number of hydroxylamine groups is 2. The summed E-state index contributed by atoms with van der Waals surface area (Å²) < 4.78 is 11.0. The number of hydrogen-bond donors (Lipinski definition) is 1. The maximum atomic E-state index is 12.4. The lowest BCUT2D eigenvalue weighted by atomic mass is 9.79. The second-order valence-electron chi connectivity index (χ2n) is 10.5. The molecule has 42 heavy (non-hydrogen) atoms. The fourth-order valence-electron chi connectivity index (χ4n) is 5.10. The van der Waals surface area contributed by atoms with E-state index in [1.165, 1.54) is 0 Å². The van der Waals surface area contributed by atoms with E-state index < -0.39 is 23.4 Å². The number of carbonyl (C=O) groups excluding carboxylic acids is 3. The second-order valence-corrected chi connectivity index (χ2v) is 10.5. The van der Waals surface area contributed by atoms with Crippen LogP contribution in [-0.2, 0) is 31.2 Å². The molecular weight excluding hydrogens is 536 g/mol. The zero-order chi connectivity index (χ0) is 30.3. The van der Waals surface area contributed by atoms with Crippen molar-refractivity contribution in [1.29, 1.82) is 0 Å². The van der Waals surface area contributed by atoms with Crippen molar-refractivity contribution >= 4 is 23.5 Å². The van der Waals surface area contributed by atoms with Gasteiger partial charge in [0, 0.05) is 39.0 Å². The zero-order valence-electron chi connectivity index (χ0n) is 24.6. The number of rotatable bonds is 13. The maximum Gasteiger partial charge on any atom is 0.333 e. The highest BCUT2D eigenvalue weighted by atomic mass is 16.7. The number of ether oxygens (including phenoxy) is 2. The zero-order valence-corrected chi connectivity index (χ0v) is 24.6. The molecule has 1 heterocycles. The van der Waals surface area contributed by atoms with Crippen LogP contribution >= 0.6 is 0 Å². The van der Waals surface area contributed by atoms with Gasteiger partial charge in [-0.3, -0.25) is 9.59 Å². The number of benzene rings is 3. The van der Waals surface area contributed by atoms with Crippen LogP contribution in [0.2, 0.25) is 0 Å². The number of anilines is 1. The number of methoxy groups -OCH3 is 2. The number of carbonyl (C=O) groups is 3. The van der Waals surface area contributed by atoms with Crippen molar-refractivity contribution in [2.45, 2.75) is 50.5 Å². The summed E-state index contributed by atoms with van der Waals surface area (Å²) in [5.41, 5.74) is 2.64. The van der Waals surface area contributed by atoms with Gasteiger partial charge in [-0.05, 0) is 77.9 Å². The van der Waals surface area contributed by atoms with Crippen LogP contribution < -0.4 is 14.4 Å². The van der Waals surface area contributed by atoms with Gasteiger partial charge in [-0.15, -0.1) is 5.06 Å². The number of nitrogens with zero attached hydrogens (tertiary/aromatic N) is 2. The van der Waals surface area contributed by atoms with Crippen LogP contribution in [0.1, 0.15) is 60.8 Å². The Hall–Kier alpha value is -4.37. The molecule has 1 aliphatic rings. The third-order valence-electron chi connectivity index (χ3n) is 7.53. The molecule has 1 N–H and O–H groups in total. The Bertz CT molecular complexity index is 1390. The van der Waals surface area contributed by atoms with E-state index in [-0.39, 0.29) is 19.3 Å². The van der Waals surface area contributed by atoms with Crippen molar-refractivity contribution < 1.29 is 33.8 Å². The first-order chi connectivity index (χ1) is 20.2. The summed E-state index contributed by atoms with van der Waals surface area (Å²) in [6.07, 6.45) is 2.93. The summed E-state index contributed by atoms with van der Waals surface area (Å²) in [4.78, 5) is 42.4. The molecule has 0 aromatic heterocycles. The molecule has 222 valence electrons. The first kappa shape index (κ1) is 30.6. The fourth-order valence-corrected chi connectivity index (χ4v) is 5.10. The lowest BCUT2D eigenvalue weighted by Gasteiger charge is -2.31. The summed E-state index contributed by atoms with van der Waals surface area (Å²) in [7, 11) is 7.16. The Morgan fingerprint density at radius 2 is 1.43 bits per heavy atom. The van der Waals surface area contributed by atoms with Crippen LogP contribution in [0.25, 0.3) is 0 Å². The van der Waals surface area contributed by atoms with E-state index in [9.17, 15) is 19.5 Å². The van der Waals surface area contributed by atoms with Crippen molar-refractivity contribution in [1.82, 2.24) is 5.06 Å². The highest BCUT2D eigenvalue weighted by Crippen LogP contribution is 2.40. The number of hydrogen-bond acceptors (Lipinski definition) is 8. The van der Waals surface area contributed by atoms with Crippen LogP contribution in [0, 0.1) is 0 Å². The minimum absolute atomic E-state index is 0.0714. The number of unbranched alkanes of at least 4 members (excludes halogenated alkanes) is 2. The molecule has 9 nitrogen and oxygen atoms in total. The summed E-state index contributed by atoms with van der Waals surface area (Å²) in [5, 5.41) is 13.0. The normalized spacial score (nSPS) is 14.5. The summed E-state index contributed by atoms with van der Waals surface area (Å²) in [6, 6.07) is 21.0.